The van der Waals surface area contributed by atoms with Crippen molar-refractivity contribution in [2.75, 3.05) is 0 Å². The van der Waals surface area contributed by atoms with Gasteiger partial charge in [-0.3, -0.25) is 4.79 Å². The summed E-state index contributed by atoms with van der Waals surface area (Å²) in [7, 11) is 0. The molecule has 1 amide bonds. The fourth-order valence-electron chi connectivity index (χ4n) is 1.58. The second-order valence-corrected chi connectivity index (χ2v) is 4.11. The summed E-state index contributed by atoms with van der Waals surface area (Å²) >= 11 is 0. The molecule has 0 fully saturated rings. The number of carboxylic acid groups (broad SMARTS) is 1. The van der Waals surface area contributed by atoms with Gasteiger partial charge in [-0.25, -0.2) is 14.6 Å². The van der Waals surface area contributed by atoms with Crippen LogP contribution in [0, 0.1) is 5.82 Å². The molecule has 0 radical (unpaired) electrons. The van der Waals surface area contributed by atoms with Crippen LogP contribution < -0.4 is 5.43 Å². The minimum Gasteiger partial charge on any atom is -0.478 e. The molecular weight excluding hydrogens is 275 g/mol. The largest absolute Gasteiger partial charge is 0.478 e. The molecule has 0 aliphatic heterocycles. The van der Waals surface area contributed by atoms with E-state index in [1.54, 1.807) is 18.2 Å². The maximum Gasteiger partial charge on any atom is 0.335 e. The Balaban J connectivity index is 2.01. The molecule has 0 spiro atoms. The van der Waals surface area contributed by atoms with E-state index in [1.165, 1.54) is 36.5 Å². The van der Waals surface area contributed by atoms with E-state index in [9.17, 15) is 14.0 Å². The number of nitrogens with one attached hydrogen (secondary N) is 1. The van der Waals surface area contributed by atoms with E-state index in [0.29, 0.717) is 5.56 Å². The first kappa shape index (κ1) is 14.4. The van der Waals surface area contributed by atoms with Crippen LogP contribution in [0.2, 0.25) is 0 Å². The van der Waals surface area contributed by atoms with Crippen molar-refractivity contribution in [1.82, 2.24) is 5.43 Å². The Bertz CT molecular complexity index is 696. The zero-order valence-electron chi connectivity index (χ0n) is 10.8. The predicted octanol–water partition coefficient (Wildman–Crippen LogP) is 2.29. The average Bonchev–Trinajstić information content (AvgIpc) is 2.48. The van der Waals surface area contributed by atoms with E-state index in [4.69, 9.17) is 5.11 Å². The number of nitrogens with zero attached hydrogens (tertiary/aromatic N) is 1. The molecule has 0 bridgehead atoms. The highest BCUT2D eigenvalue weighted by Gasteiger charge is 2.09. The number of benzene rings is 2. The lowest BCUT2D eigenvalue weighted by Crippen LogP contribution is -2.18. The van der Waals surface area contributed by atoms with Crippen molar-refractivity contribution < 1.29 is 19.1 Å². The number of rotatable bonds is 4. The Kier molecular flexibility index (Phi) is 4.40. The minimum absolute atomic E-state index is 0.101. The van der Waals surface area contributed by atoms with Crippen LogP contribution in [-0.4, -0.2) is 23.2 Å². The number of aromatic carboxylic acids is 1. The molecule has 5 nitrogen and oxygen atoms in total. The second kappa shape index (κ2) is 6.42. The van der Waals surface area contributed by atoms with Gasteiger partial charge in [-0.2, -0.15) is 5.10 Å². The molecule has 6 heteroatoms. The number of amides is 1. The average molecular weight is 286 g/mol. The molecule has 0 aliphatic rings. The van der Waals surface area contributed by atoms with Crippen molar-refractivity contribution in [3.8, 4) is 0 Å². The van der Waals surface area contributed by atoms with Gasteiger partial charge in [0.1, 0.15) is 5.82 Å². The molecule has 0 saturated carbocycles. The fourth-order valence-corrected chi connectivity index (χ4v) is 1.58. The number of carbonyl (C=O) groups is 2. The Hall–Kier alpha value is -3.02. The summed E-state index contributed by atoms with van der Waals surface area (Å²) in [5.41, 5.74) is 2.86. The fraction of sp³-hybridized carbons (Fsp3) is 0. The lowest BCUT2D eigenvalue weighted by molar-refractivity contribution is 0.0696. The maximum absolute atomic E-state index is 13.3. The van der Waals surface area contributed by atoms with E-state index < -0.39 is 17.7 Å². The zero-order valence-corrected chi connectivity index (χ0v) is 10.8. The van der Waals surface area contributed by atoms with Crippen LogP contribution in [0.15, 0.2) is 53.6 Å². The van der Waals surface area contributed by atoms with E-state index in [-0.39, 0.29) is 11.1 Å². The van der Waals surface area contributed by atoms with Gasteiger partial charge in [0.05, 0.1) is 17.3 Å². The van der Waals surface area contributed by atoms with Gasteiger partial charge in [0.15, 0.2) is 0 Å². The highest BCUT2D eigenvalue weighted by Crippen LogP contribution is 2.06. The van der Waals surface area contributed by atoms with Crippen molar-refractivity contribution in [3.63, 3.8) is 0 Å². The highest BCUT2D eigenvalue weighted by molar-refractivity contribution is 5.95. The van der Waals surface area contributed by atoms with Gasteiger partial charge in [0.2, 0.25) is 0 Å². The third-order valence-corrected chi connectivity index (χ3v) is 2.66. The number of hydrazone groups is 1. The molecule has 0 unspecified atom stereocenters. The zero-order chi connectivity index (χ0) is 15.2. The van der Waals surface area contributed by atoms with E-state index in [1.807, 2.05) is 0 Å². The lowest BCUT2D eigenvalue weighted by Gasteiger charge is -2.00. The molecule has 2 N–H and O–H groups in total. The monoisotopic (exact) mass is 286 g/mol. The third-order valence-electron chi connectivity index (χ3n) is 2.66. The minimum atomic E-state index is -1.02. The molecule has 2 rings (SSSR count). The van der Waals surface area contributed by atoms with Crippen LogP contribution in [0.25, 0.3) is 0 Å². The van der Waals surface area contributed by atoms with Crippen molar-refractivity contribution >= 4 is 18.1 Å². The van der Waals surface area contributed by atoms with E-state index in [2.05, 4.69) is 10.5 Å². The van der Waals surface area contributed by atoms with Gasteiger partial charge in [-0.15, -0.1) is 0 Å². The lowest BCUT2D eigenvalue weighted by atomic mass is 10.1. The van der Waals surface area contributed by atoms with E-state index in [0.717, 1.165) is 0 Å². The van der Waals surface area contributed by atoms with Crippen LogP contribution in [-0.2, 0) is 0 Å². The molecule has 0 aliphatic carbocycles. The molecule has 0 saturated heterocycles. The van der Waals surface area contributed by atoms with Crippen LogP contribution in [0.5, 0.6) is 0 Å². The Morgan fingerprint density at radius 1 is 1.10 bits per heavy atom. The van der Waals surface area contributed by atoms with Crippen molar-refractivity contribution in [2.45, 2.75) is 0 Å². The summed E-state index contributed by atoms with van der Waals surface area (Å²) in [6.07, 6.45) is 1.34. The summed E-state index contributed by atoms with van der Waals surface area (Å²) in [5.74, 6) is -2.31. The van der Waals surface area contributed by atoms with Gasteiger partial charge < -0.3 is 5.11 Å². The van der Waals surface area contributed by atoms with Crippen LogP contribution >= 0.6 is 0 Å². The van der Waals surface area contributed by atoms with Crippen LogP contribution in [0.1, 0.15) is 26.3 Å². The number of hydrogen-bond donors (Lipinski definition) is 2. The van der Waals surface area contributed by atoms with Crippen LogP contribution in [0.3, 0.4) is 0 Å². The second-order valence-electron chi connectivity index (χ2n) is 4.11. The standard InChI is InChI=1S/C15H11FN2O3/c16-13-4-2-1-3-12(13)14(19)18-17-9-10-5-7-11(8-6-10)15(20)21/h1-9H,(H,18,19)(H,20,21). The van der Waals surface area contributed by atoms with E-state index >= 15 is 0 Å². The Morgan fingerprint density at radius 3 is 2.38 bits per heavy atom. The molecule has 2 aromatic rings. The molecular formula is C15H11FN2O3. The van der Waals surface area contributed by atoms with Crippen molar-refractivity contribution in [1.29, 1.82) is 0 Å². The van der Waals surface area contributed by atoms with Crippen molar-refractivity contribution in [3.05, 3.63) is 71.0 Å². The number of carbonyl (C=O) groups excluding carboxylic acids is 1. The summed E-state index contributed by atoms with van der Waals surface area (Å²) in [6.45, 7) is 0. The molecule has 21 heavy (non-hydrogen) atoms. The summed E-state index contributed by atoms with van der Waals surface area (Å²) < 4.78 is 13.3. The van der Waals surface area contributed by atoms with Gasteiger partial charge in [-0.05, 0) is 29.8 Å². The molecule has 106 valence electrons. The number of carboxylic acids is 1. The summed E-state index contributed by atoms with van der Waals surface area (Å²) in [5, 5.41) is 12.4. The van der Waals surface area contributed by atoms with Gasteiger partial charge >= 0.3 is 5.97 Å². The predicted molar refractivity (Wildman–Crippen MR) is 74.9 cm³/mol. The van der Waals surface area contributed by atoms with Gasteiger partial charge in [-0.1, -0.05) is 24.3 Å². The topological polar surface area (TPSA) is 78.8 Å². The maximum atomic E-state index is 13.3. The van der Waals surface area contributed by atoms with Crippen LogP contribution in [0.4, 0.5) is 4.39 Å². The summed E-state index contributed by atoms with van der Waals surface area (Å²) in [4.78, 5) is 22.3. The first-order valence-corrected chi connectivity index (χ1v) is 5.99. The van der Waals surface area contributed by atoms with Gasteiger partial charge in [0, 0.05) is 0 Å². The quantitative estimate of drug-likeness (QED) is 0.668. The SMILES string of the molecule is O=C(O)c1ccc(C=NNC(=O)c2ccccc2F)cc1. The van der Waals surface area contributed by atoms with Crippen molar-refractivity contribution in [2.24, 2.45) is 5.10 Å². The highest BCUT2D eigenvalue weighted by atomic mass is 19.1. The number of halogens is 1. The third kappa shape index (κ3) is 3.73. The molecule has 0 heterocycles. The smallest absolute Gasteiger partial charge is 0.335 e. The molecule has 0 atom stereocenters. The summed E-state index contributed by atoms with van der Waals surface area (Å²) in [6, 6.07) is 11.5. The normalized spacial score (nSPS) is 10.5. The Labute approximate surface area is 119 Å². The Morgan fingerprint density at radius 2 is 1.76 bits per heavy atom. The first-order chi connectivity index (χ1) is 10.1. The van der Waals surface area contributed by atoms with Gasteiger partial charge in [0.25, 0.3) is 5.91 Å². The number of hydrogen-bond acceptors (Lipinski definition) is 3. The molecule has 2 aromatic carbocycles. The first-order valence-electron chi connectivity index (χ1n) is 5.99. The molecule has 0 aromatic heterocycles.